The van der Waals surface area contributed by atoms with E-state index in [2.05, 4.69) is 14.7 Å². The smallest absolute Gasteiger partial charge is 0.383 e. The zero-order valence-electron chi connectivity index (χ0n) is 17.2. The number of carbonyl (C=O) groups excluding carboxylic acids is 2. The molecule has 11 heteroatoms. The zero-order chi connectivity index (χ0) is 22.6. The molecule has 1 aromatic heterocycles. The third kappa shape index (κ3) is 5.40. The summed E-state index contributed by atoms with van der Waals surface area (Å²) < 4.78 is 47.3. The molecular formula is C20H23F3N4O4. The van der Waals surface area contributed by atoms with Crippen molar-refractivity contribution in [3.05, 3.63) is 35.7 Å². The fraction of sp³-hybridized carbons (Fsp3) is 0.500. The van der Waals surface area contributed by atoms with Crippen LogP contribution in [0.4, 0.5) is 13.2 Å². The van der Waals surface area contributed by atoms with Crippen molar-refractivity contribution < 1.29 is 32.0 Å². The quantitative estimate of drug-likeness (QED) is 0.658. The summed E-state index contributed by atoms with van der Waals surface area (Å²) in [7, 11) is 1.54. The number of nitrogens with zero attached hydrogens (tertiary/aromatic N) is 4. The highest BCUT2D eigenvalue weighted by molar-refractivity contribution is 5.87. The molecule has 2 amide bonds. The highest BCUT2D eigenvalue weighted by Gasteiger charge is 2.38. The van der Waals surface area contributed by atoms with E-state index >= 15 is 0 Å². The first-order valence-electron chi connectivity index (χ1n) is 9.76. The Morgan fingerprint density at radius 3 is 2.58 bits per heavy atom. The van der Waals surface area contributed by atoms with Crippen LogP contribution < -0.4 is 0 Å². The second-order valence-corrected chi connectivity index (χ2v) is 7.24. The average molecular weight is 440 g/mol. The summed E-state index contributed by atoms with van der Waals surface area (Å²) in [5, 5.41) is 3.36. The largest absolute Gasteiger partial charge is 0.471 e. The van der Waals surface area contributed by atoms with Crippen LogP contribution in [0.25, 0.3) is 11.4 Å². The van der Waals surface area contributed by atoms with Crippen LogP contribution in [-0.2, 0) is 27.0 Å². The third-order valence-corrected chi connectivity index (χ3v) is 5.07. The Bertz CT molecular complexity index is 914. The van der Waals surface area contributed by atoms with Gasteiger partial charge in [-0.25, -0.2) is 0 Å². The molecule has 2 heterocycles. The van der Waals surface area contributed by atoms with Gasteiger partial charge in [0.05, 0.1) is 6.61 Å². The Balaban J connectivity index is 1.73. The van der Waals surface area contributed by atoms with Crippen molar-refractivity contribution >= 4 is 11.8 Å². The van der Waals surface area contributed by atoms with Crippen molar-refractivity contribution in [2.24, 2.45) is 0 Å². The van der Waals surface area contributed by atoms with Gasteiger partial charge in [-0.3, -0.25) is 9.59 Å². The first-order chi connectivity index (χ1) is 14.7. The summed E-state index contributed by atoms with van der Waals surface area (Å²) in [6.07, 6.45) is -3.32. The van der Waals surface area contributed by atoms with Gasteiger partial charge in [0.15, 0.2) is 0 Å². The van der Waals surface area contributed by atoms with Gasteiger partial charge in [-0.1, -0.05) is 29.4 Å². The molecule has 3 rings (SSSR count). The van der Waals surface area contributed by atoms with E-state index in [1.807, 2.05) is 0 Å². The maximum absolute atomic E-state index is 13.1. The first-order valence-corrected chi connectivity index (χ1v) is 9.76. The van der Waals surface area contributed by atoms with Gasteiger partial charge in [0, 0.05) is 39.2 Å². The number of aromatic nitrogens is 2. The predicted molar refractivity (Wildman–Crippen MR) is 102 cm³/mol. The van der Waals surface area contributed by atoms with Crippen LogP contribution in [0.1, 0.15) is 31.2 Å². The van der Waals surface area contributed by atoms with E-state index in [0.717, 1.165) is 12.0 Å². The number of halogens is 3. The summed E-state index contributed by atoms with van der Waals surface area (Å²) in [4.78, 5) is 31.5. The summed E-state index contributed by atoms with van der Waals surface area (Å²) in [5.41, 5.74) is 1.12. The van der Waals surface area contributed by atoms with E-state index in [0.29, 0.717) is 31.7 Å². The molecule has 1 unspecified atom stereocenters. The molecule has 0 aliphatic carbocycles. The minimum absolute atomic E-state index is 0.134. The van der Waals surface area contributed by atoms with E-state index in [-0.39, 0.29) is 24.2 Å². The fourth-order valence-electron chi connectivity index (χ4n) is 3.52. The zero-order valence-corrected chi connectivity index (χ0v) is 17.2. The molecule has 0 saturated carbocycles. The molecule has 1 atom stereocenters. The Morgan fingerprint density at radius 1 is 1.29 bits per heavy atom. The molecule has 168 valence electrons. The molecular weight excluding hydrogens is 417 g/mol. The number of rotatable bonds is 7. The van der Waals surface area contributed by atoms with Gasteiger partial charge in [-0.05, 0) is 18.4 Å². The lowest BCUT2D eigenvalue weighted by atomic mass is 10.1. The van der Waals surface area contributed by atoms with Crippen LogP contribution in [0.5, 0.6) is 0 Å². The molecule has 1 aliphatic rings. The Labute approximate surface area is 176 Å². The van der Waals surface area contributed by atoms with Gasteiger partial charge in [0.1, 0.15) is 6.04 Å². The van der Waals surface area contributed by atoms with Gasteiger partial charge in [0.25, 0.3) is 0 Å². The Morgan fingerprint density at radius 2 is 2.00 bits per heavy atom. The molecule has 0 radical (unpaired) electrons. The number of alkyl halides is 3. The highest BCUT2D eigenvalue weighted by atomic mass is 19.4. The normalized spacial score (nSPS) is 16.5. The molecule has 8 nitrogen and oxygen atoms in total. The van der Waals surface area contributed by atoms with Gasteiger partial charge < -0.3 is 19.1 Å². The highest BCUT2D eigenvalue weighted by Crippen LogP contribution is 2.29. The molecule has 0 N–H and O–H groups in total. The van der Waals surface area contributed by atoms with Gasteiger partial charge in [0.2, 0.25) is 17.6 Å². The number of hydrogen-bond donors (Lipinski definition) is 0. The summed E-state index contributed by atoms with van der Waals surface area (Å²) in [6, 6.07) is 6.01. The maximum Gasteiger partial charge on any atom is 0.471 e. The predicted octanol–water partition coefficient (Wildman–Crippen LogP) is 2.74. The monoisotopic (exact) mass is 440 g/mol. The average Bonchev–Trinajstić information content (AvgIpc) is 3.40. The number of methoxy groups -OCH3 is 1. The number of carbonyl (C=O) groups is 2. The number of amides is 2. The number of benzene rings is 1. The molecule has 1 aliphatic heterocycles. The Kier molecular flexibility index (Phi) is 6.94. The third-order valence-electron chi connectivity index (χ3n) is 5.07. The van der Waals surface area contributed by atoms with E-state index in [4.69, 9.17) is 4.74 Å². The lowest BCUT2D eigenvalue weighted by Gasteiger charge is -2.30. The molecule has 0 bridgehead atoms. The van der Waals surface area contributed by atoms with Crippen LogP contribution in [0, 0.1) is 0 Å². The van der Waals surface area contributed by atoms with E-state index in [1.165, 1.54) is 14.0 Å². The van der Waals surface area contributed by atoms with Crippen molar-refractivity contribution in [1.82, 2.24) is 19.9 Å². The molecule has 1 saturated heterocycles. The van der Waals surface area contributed by atoms with Crippen molar-refractivity contribution in [1.29, 1.82) is 0 Å². The second kappa shape index (κ2) is 9.46. The minimum Gasteiger partial charge on any atom is -0.383 e. The first kappa shape index (κ1) is 22.7. The van der Waals surface area contributed by atoms with Crippen LogP contribution in [0.15, 0.2) is 28.8 Å². The summed E-state index contributed by atoms with van der Waals surface area (Å²) in [6.45, 7) is 2.96. The molecule has 2 aromatic rings. The minimum atomic E-state index is -4.71. The topological polar surface area (TPSA) is 88.8 Å². The van der Waals surface area contributed by atoms with Crippen molar-refractivity contribution in [3.8, 4) is 11.4 Å². The lowest BCUT2D eigenvalue weighted by molar-refractivity contribution is -0.159. The molecule has 31 heavy (non-hydrogen) atoms. The van der Waals surface area contributed by atoms with E-state index < -0.39 is 18.1 Å². The lowest BCUT2D eigenvalue weighted by Crippen LogP contribution is -2.47. The maximum atomic E-state index is 13.1. The Hall–Kier alpha value is -2.95. The van der Waals surface area contributed by atoms with E-state index in [9.17, 15) is 22.8 Å². The fourth-order valence-corrected chi connectivity index (χ4v) is 3.52. The van der Waals surface area contributed by atoms with Gasteiger partial charge in [-0.2, -0.15) is 18.2 Å². The van der Waals surface area contributed by atoms with Gasteiger partial charge >= 0.3 is 12.1 Å². The summed E-state index contributed by atoms with van der Waals surface area (Å²) >= 11 is 0. The van der Waals surface area contributed by atoms with E-state index in [1.54, 1.807) is 34.1 Å². The van der Waals surface area contributed by atoms with Crippen molar-refractivity contribution in [2.75, 3.05) is 26.8 Å². The molecule has 1 aromatic carbocycles. The number of likely N-dealkylation sites (tertiary alicyclic amines) is 1. The number of hydrogen-bond acceptors (Lipinski definition) is 6. The number of ether oxygens (including phenoxy) is 1. The van der Waals surface area contributed by atoms with Crippen LogP contribution >= 0.6 is 0 Å². The van der Waals surface area contributed by atoms with Gasteiger partial charge in [-0.15, -0.1) is 0 Å². The molecule has 0 spiro atoms. The molecule has 1 fully saturated rings. The van der Waals surface area contributed by atoms with Crippen molar-refractivity contribution in [3.63, 3.8) is 0 Å². The van der Waals surface area contributed by atoms with Crippen molar-refractivity contribution in [2.45, 2.75) is 38.5 Å². The van der Waals surface area contributed by atoms with Crippen LogP contribution in [0.3, 0.4) is 0 Å². The second-order valence-electron chi connectivity index (χ2n) is 7.24. The SMILES string of the molecule is COCCN(Cc1ccc(-c2noc(C(F)(F)F)n2)cc1)C(=O)C1CCCN1C(C)=O. The van der Waals surface area contributed by atoms with Crippen LogP contribution in [-0.4, -0.2) is 64.6 Å². The summed E-state index contributed by atoms with van der Waals surface area (Å²) in [5.74, 6) is -1.87. The standard InChI is InChI=1S/C20H23F3N4O4/c1-13(28)27-9-3-4-16(27)18(29)26(10-11-30-2)12-14-5-7-15(8-6-14)17-24-19(31-25-17)20(21,22)23/h5-8,16H,3-4,9-12H2,1-2H3. The van der Waals surface area contributed by atoms with Crippen LogP contribution in [0.2, 0.25) is 0 Å².